The lowest BCUT2D eigenvalue weighted by Crippen LogP contribution is -2.39. The summed E-state index contributed by atoms with van der Waals surface area (Å²) < 4.78 is 0. The summed E-state index contributed by atoms with van der Waals surface area (Å²) in [6.07, 6.45) is 4.10. The molecule has 1 saturated heterocycles. The van der Waals surface area contributed by atoms with Gasteiger partial charge in [-0.1, -0.05) is 24.3 Å². The summed E-state index contributed by atoms with van der Waals surface area (Å²) in [5.41, 5.74) is 0.555. The number of carbonyl (C=O) groups excluding carboxylic acids is 1. The van der Waals surface area contributed by atoms with E-state index < -0.39 is 0 Å². The van der Waals surface area contributed by atoms with Gasteiger partial charge in [0.1, 0.15) is 5.69 Å². The second kappa shape index (κ2) is 6.22. The van der Waals surface area contributed by atoms with E-state index in [0.29, 0.717) is 11.6 Å². The summed E-state index contributed by atoms with van der Waals surface area (Å²) in [6, 6.07) is 9.85. The van der Waals surface area contributed by atoms with E-state index in [2.05, 4.69) is 10.3 Å². The lowest BCUT2D eigenvalue weighted by Gasteiger charge is -2.27. The molecular weight excluding hydrogens is 262 g/mol. The molecule has 3 rings (SSSR count). The number of nitrogens with zero attached hydrogens (tertiary/aromatic N) is 2. The van der Waals surface area contributed by atoms with Crippen molar-refractivity contribution >= 4 is 16.7 Å². The van der Waals surface area contributed by atoms with Gasteiger partial charge in [-0.15, -0.1) is 0 Å². The average Bonchev–Trinajstić information content (AvgIpc) is 2.54. The Morgan fingerprint density at radius 2 is 2.24 bits per heavy atom. The number of piperidine rings is 1. The second-order valence-electron chi connectivity index (χ2n) is 5.78. The van der Waals surface area contributed by atoms with Crippen LogP contribution in [0.25, 0.3) is 10.8 Å². The van der Waals surface area contributed by atoms with E-state index in [1.165, 1.54) is 12.8 Å². The van der Waals surface area contributed by atoms with Crippen LogP contribution < -0.4 is 5.32 Å². The first-order valence-electron chi connectivity index (χ1n) is 7.55. The molecule has 110 valence electrons. The van der Waals surface area contributed by atoms with Crippen LogP contribution in [0.2, 0.25) is 0 Å². The highest BCUT2D eigenvalue weighted by atomic mass is 16.2. The molecule has 1 fully saturated rings. The van der Waals surface area contributed by atoms with Crippen LogP contribution in [-0.4, -0.2) is 42.5 Å². The van der Waals surface area contributed by atoms with Gasteiger partial charge in [0, 0.05) is 25.2 Å². The Morgan fingerprint density at radius 1 is 1.38 bits per heavy atom. The van der Waals surface area contributed by atoms with Gasteiger partial charge < -0.3 is 10.2 Å². The fraction of sp³-hybridized carbons (Fsp3) is 0.412. The van der Waals surface area contributed by atoms with Crippen LogP contribution in [-0.2, 0) is 0 Å². The highest BCUT2D eigenvalue weighted by Gasteiger charge is 2.21. The molecule has 4 heteroatoms. The van der Waals surface area contributed by atoms with Crippen LogP contribution in [0.1, 0.15) is 23.3 Å². The molecule has 1 aliphatic heterocycles. The second-order valence-corrected chi connectivity index (χ2v) is 5.78. The fourth-order valence-electron chi connectivity index (χ4n) is 3.02. The molecule has 2 heterocycles. The number of aromatic nitrogens is 1. The number of fused-ring (bicyclic) bond motifs is 1. The van der Waals surface area contributed by atoms with E-state index in [-0.39, 0.29) is 5.91 Å². The number of carbonyl (C=O) groups is 1. The third-order valence-corrected chi connectivity index (χ3v) is 4.15. The number of pyridine rings is 1. The maximum atomic E-state index is 12.7. The molecule has 1 unspecified atom stereocenters. The van der Waals surface area contributed by atoms with E-state index in [1.807, 2.05) is 42.3 Å². The van der Waals surface area contributed by atoms with Crippen LogP contribution in [0, 0.1) is 5.92 Å². The quantitative estimate of drug-likeness (QED) is 0.940. The molecule has 1 N–H and O–H groups in total. The van der Waals surface area contributed by atoms with Gasteiger partial charge in [-0.2, -0.15) is 0 Å². The van der Waals surface area contributed by atoms with Gasteiger partial charge in [-0.25, -0.2) is 0 Å². The molecule has 21 heavy (non-hydrogen) atoms. The van der Waals surface area contributed by atoms with Gasteiger partial charge in [-0.05, 0) is 43.3 Å². The van der Waals surface area contributed by atoms with E-state index in [1.54, 1.807) is 6.20 Å². The predicted molar refractivity (Wildman–Crippen MR) is 84.3 cm³/mol. The van der Waals surface area contributed by atoms with Crippen LogP contribution in [0.3, 0.4) is 0 Å². The normalized spacial score (nSPS) is 18.6. The Morgan fingerprint density at radius 3 is 3.05 bits per heavy atom. The molecule has 1 atom stereocenters. The van der Waals surface area contributed by atoms with Crippen molar-refractivity contribution in [3.63, 3.8) is 0 Å². The predicted octanol–water partition coefficient (Wildman–Crippen LogP) is 2.31. The minimum absolute atomic E-state index is 0.0115. The molecule has 0 bridgehead atoms. The molecule has 1 aromatic carbocycles. The molecule has 1 amide bonds. The molecule has 0 saturated carbocycles. The van der Waals surface area contributed by atoms with Gasteiger partial charge in [-0.3, -0.25) is 9.78 Å². The van der Waals surface area contributed by atoms with Crippen molar-refractivity contribution in [2.75, 3.05) is 26.7 Å². The van der Waals surface area contributed by atoms with Gasteiger partial charge >= 0.3 is 0 Å². The Balaban J connectivity index is 1.79. The Kier molecular flexibility index (Phi) is 4.15. The number of hydrogen-bond acceptors (Lipinski definition) is 3. The summed E-state index contributed by atoms with van der Waals surface area (Å²) in [7, 11) is 1.88. The topological polar surface area (TPSA) is 45.2 Å². The third-order valence-electron chi connectivity index (χ3n) is 4.15. The van der Waals surface area contributed by atoms with Crippen molar-refractivity contribution in [1.82, 2.24) is 15.2 Å². The average molecular weight is 283 g/mol. The molecule has 2 aromatic rings. The third kappa shape index (κ3) is 3.05. The Bertz CT molecular complexity index is 629. The van der Waals surface area contributed by atoms with E-state index in [0.717, 1.165) is 30.4 Å². The largest absolute Gasteiger partial charge is 0.340 e. The molecule has 0 aliphatic carbocycles. The zero-order valence-corrected chi connectivity index (χ0v) is 12.4. The molecular formula is C17H21N3O. The summed E-state index contributed by atoms with van der Waals surface area (Å²) in [6.45, 7) is 2.89. The highest BCUT2D eigenvalue weighted by molar-refractivity contribution is 6.05. The number of benzene rings is 1. The van der Waals surface area contributed by atoms with Crippen molar-refractivity contribution in [2.24, 2.45) is 5.92 Å². The first kappa shape index (κ1) is 14.0. The summed E-state index contributed by atoms with van der Waals surface area (Å²) in [4.78, 5) is 18.8. The van der Waals surface area contributed by atoms with Crippen LogP contribution in [0.15, 0.2) is 36.5 Å². The monoisotopic (exact) mass is 283 g/mol. The number of amides is 1. The van der Waals surface area contributed by atoms with E-state index >= 15 is 0 Å². The van der Waals surface area contributed by atoms with E-state index in [4.69, 9.17) is 0 Å². The highest BCUT2D eigenvalue weighted by Crippen LogP contribution is 2.18. The minimum Gasteiger partial charge on any atom is -0.340 e. The van der Waals surface area contributed by atoms with Crippen LogP contribution >= 0.6 is 0 Å². The molecule has 4 nitrogen and oxygen atoms in total. The molecule has 0 radical (unpaired) electrons. The Hall–Kier alpha value is -1.94. The lowest BCUT2D eigenvalue weighted by atomic mass is 9.99. The number of hydrogen-bond donors (Lipinski definition) is 1. The summed E-state index contributed by atoms with van der Waals surface area (Å²) in [5, 5.41) is 5.38. The maximum Gasteiger partial charge on any atom is 0.272 e. The van der Waals surface area contributed by atoms with Gasteiger partial charge in [0.15, 0.2) is 0 Å². The van der Waals surface area contributed by atoms with Crippen molar-refractivity contribution in [1.29, 1.82) is 0 Å². The molecule has 1 aliphatic rings. The van der Waals surface area contributed by atoms with E-state index in [9.17, 15) is 4.79 Å². The van der Waals surface area contributed by atoms with Crippen molar-refractivity contribution < 1.29 is 4.79 Å². The smallest absolute Gasteiger partial charge is 0.272 e. The molecule has 0 spiro atoms. The first-order valence-corrected chi connectivity index (χ1v) is 7.55. The summed E-state index contributed by atoms with van der Waals surface area (Å²) in [5.74, 6) is 0.556. The van der Waals surface area contributed by atoms with Crippen LogP contribution in [0.5, 0.6) is 0 Å². The fourth-order valence-corrected chi connectivity index (χ4v) is 3.02. The van der Waals surface area contributed by atoms with Crippen molar-refractivity contribution in [2.45, 2.75) is 12.8 Å². The standard InChI is InChI=1S/C17H21N3O/c1-20(12-13-5-4-9-18-11-13)17(21)16-15-7-3-2-6-14(15)8-10-19-16/h2-3,6-8,10,13,18H,4-5,9,11-12H2,1H3. The van der Waals surface area contributed by atoms with Crippen LogP contribution in [0.4, 0.5) is 0 Å². The molecule has 1 aromatic heterocycles. The lowest BCUT2D eigenvalue weighted by molar-refractivity contribution is 0.0761. The number of rotatable bonds is 3. The van der Waals surface area contributed by atoms with Gasteiger partial charge in [0.05, 0.1) is 0 Å². The number of nitrogens with one attached hydrogen (secondary N) is 1. The zero-order valence-electron chi connectivity index (χ0n) is 12.4. The summed E-state index contributed by atoms with van der Waals surface area (Å²) >= 11 is 0. The van der Waals surface area contributed by atoms with Crippen molar-refractivity contribution in [3.05, 3.63) is 42.2 Å². The first-order chi connectivity index (χ1) is 10.3. The SMILES string of the molecule is CN(CC1CCCNC1)C(=O)c1nccc2ccccc12. The Labute approximate surface area is 125 Å². The zero-order chi connectivity index (χ0) is 14.7. The van der Waals surface area contributed by atoms with Crippen molar-refractivity contribution in [3.8, 4) is 0 Å². The van der Waals surface area contributed by atoms with Gasteiger partial charge in [0.25, 0.3) is 5.91 Å². The van der Waals surface area contributed by atoms with Gasteiger partial charge in [0.2, 0.25) is 0 Å². The maximum absolute atomic E-state index is 12.7. The minimum atomic E-state index is 0.0115.